The molecule has 0 aliphatic carbocycles. The number of amides is 1. The maximum atomic E-state index is 11.6. The number of carboxylic acid groups (broad SMARTS) is 1. The lowest BCUT2D eigenvalue weighted by Crippen LogP contribution is -2.58. The van der Waals surface area contributed by atoms with Crippen molar-refractivity contribution in [3.8, 4) is 0 Å². The van der Waals surface area contributed by atoms with E-state index in [9.17, 15) is 18.3 Å². The van der Waals surface area contributed by atoms with Crippen LogP contribution in [-0.4, -0.2) is 48.9 Å². The van der Waals surface area contributed by atoms with E-state index < -0.39 is 15.9 Å². The van der Waals surface area contributed by atoms with Crippen molar-refractivity contribution in [3.63, 3.8) is 0 Å². The summed E-state index contributed by atoms with van der Waals surface area (Å²) < 4.78 is 23.1. The van der Waals surface area contributed by atoms with Gasteiger partial charge in [-0.1, -0.05) is 20.8 Å². The zero-order valence-electron chi connectivity index (χ0n) is 15.5. The summed E-state index contributed by atoms with van der Waals surface area (Å²) >= 11 is 0. The van der Waals surface area contributed by atoms with Crippen molar-refractivity contribution in [1.82, 2.24) is 4.90 Å². The first kappa shape index (κ1) is 19.6. The molecule has 0 spiro atoms. The molecule has 1 aliphatic heterocycles. The maximum Gasteiger partial charge on any atom is 0.407 e. The van der Waals surface area contributed by atoms with Crippen molar-refractivity contribution < 1.29 is 18.3 Å². The lowest BCUT2D eigenvalue weighted by atomic mass is 9.74. The van der Waals surface area contributed by atoms with E-state index >= 15 is 0 Å². The summed E-state index contributed by atoms with van der Waals surface area (Å²) in [6, 6.07) is 6.62. The first-order chi connectivity index (χ1) is 11.3. The fourth-order valence-corrected chi connectivity index (χ4v) is 4.04. The lowest BCUT2D eigenvalue weighted by Gasteiger charge is -2.49. The molecule has 6 nitrogen and oxygen atoms in total. The lowest BCUT2D eigenvalue weighted by molar-refractivity contribution is 0.0403. The van der Waals surface area contributed by atoms with E-state index in [1.54, 1.807) is 24.3 Å². The molecule has 1 heterocycles. The van der Waals surface area contributed by atoms with E-state index in [2.05, 4.69) is 33.0 Å². The standard InChI is InChI=1S/C18H28N2O4S/c1-17(2,3)15-12-18(4,10-11-20(15)16(21)22)19-13-6-8-14(9-7-13)25(5,23)24/h6-9,15,19H,10-12H2,1-5H3,(H,21,22). The van der Waals surface area contributed by atoms with E-state index in [0.29, 0.717) is 19.4 Å². The molecule has 0 saturated carbocycles. The van der Waals surface area contributed by atoms with Crippen LogP contribution in [0.15, 0.2) is 29.2 Å². The molecule has 1 aromatic carbocycles. The number of rotatable bonds is 3. The van der Waals surface area contributed by atoms with Gasteiger partial charge >= 0.3 is 6.09 Å². The van der Waals surface area contributed by atoms with Crippen molar-refractivity contribution in [1.29, 1.82) is 0 Å². The molecule has 0 bridgehead atoms. The number of benzene rings is 1. The minimum atomic E-state index is -3.21. The van der Waals surface area contributed by atoms with E-state index in [-0.39, 0.29) is 21.9 Å². The van der Waals surface area contributed by atoms with Gasteiger partial charge in [0.25, 0.3) is 0 Å². The second kappa shape index (κ2) is 6.52. The number of sulfone groups is 1. The van der Waals surface area contributed by atoms with Crippen LogP contribution >= 0.6 is 0 Å². The Kier molecular flexibility index (Phi) is 5.10. The first-order valence-corrected chi connectivity index (χ1v) is 10.3. The number of likely N-dealkylation sites (tertiary alicyclic amines) is 1. The molecule has 1 fully saturated rings. The fourth-order valence-electron chi connectivity index (χ4n) is 3.41. The van der Waals surface area contributed by atoms with Gasteiger partial charge in [0.05, 0.1) is 4.90 Å². The highest BCUT2D eigenvalue weighted by Crippen LogP contribution is 2.38. The van der Waals surface area contributed by atoms with Crippen LogP contribution in [0.4, 0.5) is 10.5 Å². The Balaban J connectivity index is 2.20. The molecule has 1 amide bonds. The van der Waals surface area contributed by atoms with Crippen molar-refractivity contribution in [3.05, 3.63) is 24.3 Å². The monoisotopic (exact) mass is 368 g/mol. The van der Waals surface area contributed by atoms with Crippen LogP contribution in [0.2, 0.25) is 0 Å². The molecular formula is C18H28N2O4S. The van der Waals surface area contributed by atoms with Gasteiger partial charge in [-0.15, -0.1) is 0 Å². The second-order valence-corrected chi connectivity index (χ2v) is 10.3. The summed E-state index contributed by atoms with van der Waals surface area (Å²) in [6.45, 7) is 8.73. The highest BCUT2D eigenvalue weighted by atomic mass is 32.2. The summed E-state index contributed by atoms with van der Waals surface area (Å²) in [5.74, 6) is 0. The minimum absolute atomic E-state index is 0.0912. The van der Waals surface area contributed by atoms with Crippen molar-refractivity contribution in [2.75, 3.05) is 18.1 Å². The van der Waals surface area contributed by atoms with Crippen LogP contribution in [0.3, 0.4) is 0 Å². The Bertz CT molecular complexity index is 737. The van der Waals surface area contributed by atoms with E-state index in [1.807, 2.05) is 0 Å². The predicted octanol–water partition coefficient (Wildman–Crippen LogP) is 3.45. The number of hydrogen-bond acceptors (Lipinski definition) is 4. The quantitative estimate of drug-likeness (QED) is 0.853. The molecule has 1 saturated heterocycles. The van der Waals surface area contributed by atoms with Gasteiger partial charge in [0.15, 0.2) is 9.84 Å². The van der Waals surface area contributed by atoms with Crippen LogP contribution in [0, 0.1) is 5.41 Å². The number of nitrogens with zero attached hydrogens (tertiary/aromatic N) is 1. The molecule has 7 heteroatoms. The van der Waals surface area contributed by atoms with Gasteiger partial charge in [0.1, 0.15) is 0 Å². The molecule has 25 heavy (non-hydrogen) atoms. The molecule has 2 atom stereocenters. The van der Waals surface area contributed by atoms with Gasteiger partial charge in [0, 0.05) is 30.1 Å². The topological polar surface area (TPSA) is 86.7 Å². The van der Waals surface area contributed by atoms with Crippen LogP contribution < -0.4 is 5.32 Å². The Morgan fingerprint density at radius 2 is 1.84 bits per heavy atom. The molecule has 2 N–H and O–H groups in total. The molecule has 1 aromatic rings. The number of nitrogens with one attached hydrogen (secondary N) is 1. The Morgan fingerprint density at radius 1 is 1.28 bits per heavy atom. The van der Waals surface area contributed by atoms with Gasteiger partial charge in [-0.3, -0.25) is 0 Å². The summed E-state index contributed by atoms with van der Waals surface area (Å²) in [6.07, 6.45) is 1.70. The third-order valence-corrected chi connectivity index (χ3v) is 6.03. The zero-order valence-corrected chi connectivity index (χ0v) is 16.4. The van der Waals surface area contributed by atoms with E-state index in [4.69, 9.17) is 0 Å². The van der Waals surface area contributed by atoms with Gasteiger partial charge in [0.2, 0.25) is 0 Å². The molecule has 1 aliphatic rings. The molecular weight excluding hydrogens is 340 g/mol. The molecule has 0 aromatic heterocycles. The van der Waals surface area contributed by atoms with Gasteiger partial charge in [-0.05, 0) is 49.4 Å². The third kappa shape index (κ3) is 4.66. The Hall–Kier alpha value is -1.76. The van der Waals surface area contributed by atoms with E-state index in [1.165, 1.54) is 11.2 Å². The van der Waals surface area contributed by atoms with Gasteiger partial charge < -0.3 is 15.3 Å². The van der Waals surface area contributed by atoms with Crippen molar-refractivity contribution >= 4 is 21.6 Å². The molecule has 140 valence electrons. The summed E-state index contributed by atoms with van der Waals surface area (Å²) in [5, 5.41) is 13.0. The largest absolute Gasteiger partial charge is 0.465 e. The zero-order chi connectivity index (χ0) is 19.0. The van der Waals surface area contributed by atoms with Crippen molar-refractivity contribution in [2.45, 2.75) is 57.0 Å². The smallest absolute Gasteiger partial charge is 0.407 e. The summed E-state index contributed by atoms with van der Waals surface area (Å²) in [4.78, 5) is 13.4. The maximum absolute atomic E-state index is 11.6. The normalized spacial score (nSPS) is 24.8. The number of piperidine rings is 1. The first-order valence-electron chi connectivity index (χ1n) is 8.40. The summed E-state index contributed by atoms with van der Waals surface area (Å²) in [5.41, 5.74) is 0.421. The average molecular weight is 368 g/mol. The molecule has 2 rings (SSSR count). The Morgan fingerprint density at radius 3 is 2.28 bits per heavy atom. The highest BCUT2D eigenvalue weighted by Gasteiger charge is 2.43. The van der Waals surface area contributed by atoms with Crippen LogP contribution in [0.5, 0.6) is 0 Å². The number of anilines is 1. The van der Waals surface area contributed by atoms with E-state index in [0.717, 1.165) is 5.69 Å². The average Bonchev–Trinajstić information content (AvgIpc) is 2.45. The van der Waals surface area contributed by atoms with Crippen LogP contribution in [0.25, 0.3) is 0 Å². The molecule has 2 unspecified atom stereocenters. The molecule has 0 radical (unpaired) electrons. The fraction of sp³-hybridized carbons (Fsp3) is 0.611. The van der Waals surface area contributed by atoms with Crippen LogP contribution in [0.1, 0.15) is 40.5 Å². The SMILES string of the molecule is CC1(Nc2ccc(S(C)(=O)=O)cc2)CCN(C(=O)O)C(C(C)(C)C)C1. The van der Waals surface area contributed by atoms with Crippen LogP contribution in [-0.2, 0) is 9.84 Å². The minimum Gasteiger partial charge on any atom is -0.465 e. The number of carbonyl (C=O) groups is 1. The predicted molar refractivity (Wildman–Crippen MR) is 98.8 cm³/mol. The number of hydrogen-bond donors (Lipinski definition) is 2. The van der Waals surface area contributed by atoms with Gasteiger partial charge in [-0.25, -0.2) is 13.2 Å². The summed E-state index contributed by atoms with van der Waals surface area (Å²) in [7, 11) is -3.21. The third-order valence-electron chi connectivity index (χ3n) is 4.90. The second-order valence-electron chi connectivity index (χ2n) is 8.29. The highest BCUT2D eigenvalue weighted by molar-refractivity contribution is 7.90. The Labute approximate surface area is 150 Å². The van der Waals surface area contributed by atoms with Crippen molar-refractivity contribution in [2.24, 2.45) is 5.41 Å². The van der Waals surface area contributed by atoms with Gasteiger partial charge in [-0.2, -0.15) is 0 Å².